The molecule has 0 radical (unpaired) electrons. The molecule has 2 N–H and O–H groups in total. The van der Waals surface area contributed by atoms with E-state index < -0.39 is 11.9 Å². The summed E-state index contributed by atoms with van der Waals surface area (Å²) < 4.78 is 1.95. The van der Waals surface area contributed by atoms with E-state index in [0.29, 0.717) is 5.69 Å². The van der Waals surface area contributed by atoms with E-state index in [1.807, 2.05) is 73.0 Å². The molecule has 3 aromatic carbocycles. The topological polar surface area (TPSA) is 95.1 Å². The monoisotopic (exact) mass is 435 g/mol. The van der Waals surface area contributed by atoms with Crippen molar-refractivity contribution in [1.29, 1.82) is 5.26 Å². The van der Waals surface area contributed by atoms with Gasteiger partial charge >= 0.3 is 5.97 Å². The van der Waals surface area contributed by atoms with Crippen LogP contribution in [-0.2, 0) is 4.79 Å². The first-order chi connectivity index (χ1) is 15.9. The Morgan fingerprint density at radius 3 is 2.33 bits per heavy atom. The molecule has 0 saturated carbocycles. The van der Waals surface area contributed by atoms with Crippen LogP contribution in [0.1, 0.15) is 27.3 Å². The number of amides is 1. The van der Waals surface area contributed by atoms with Crippen LogP contribution in [0.3, 0.4) is 0 Å². The molecule has 0 aliphatic heterocycles. The van der Waals surface area contributed by atoms with E-state index in [2.05, 4.69) is 5.32 Å². The van der Waals surface area contributed by atoms with Gasteiger partial charge in [0.1, 0.15) is 11.6 Å². The van der Waals surface area contributed by atoms with Crippen molar-refractivity contribution >= 4 is 34.4 Å². The number of hydrogen-bond acceptors (Lipinski definition) is 3. The Hall–Kier alpha value is -4.63. The number of fused-ring (bicyclic) bond motifs is 1. The van der Waals surface area contributed by atoms with Gasteiger partial charge in [0.25, 0.3) is 5.91 Å². The number of carboxylic acid groups (broad SMARTS) is 1. The van der Waals surface area contributed by atoms with Crippen LogP contribution in [0.2, 0.25) is 0 Å². The van der Waals surface area contributed by atoms with Gasteiger partial charge in [-0.3, -0.25) is 4.79 Å². The summed E-state index contributed by atoms with van der Waals surface area (Å²) in [7, 11) is 0. The van der Waals surface area contributed by atoms with Gasteiger partial charge in [-0.15, -0.1) is 0 Å². The second-order valence-electron chi connectivity index (χ2n) is 7.70. The number of aryl methyl sites for hydroxylation is 1. The van der Waals surface area contributed by atoms with Crippen molar-refractivity contribution in [1.82, 2.24) is 4.57 Å². The number of benzene rings is 3. The number of nitrogens with zero attached hydrogens (tertiary/aromatic N) is 2. The Morgan fingerprint density at radius 2 is 1.67 bits per heavy atom. The molecule has 1 heterocycles. The summed E-state index contributed by atoms with van der Waals surface area (Å²) in [5.41, 5.74) is 4.08. The molecule has 0 atom stereocenters. The zero-order valence-corrected chi connectivity index (χ0v) is 18.2. The summed E-state index contributed by atoms with van der Waals surface area (Å²) in [6, 6.07) is 23.9. The van der Waals surface area contributed by atoms with Gasteiger partial charge in [0.05, 0.1) is 5.56 Å². The number of carbonyl (C=O) groups is 2. The van der Waals surface area contributed by atoms with Crippen LogP contribution < -0.4 is 5.32 Å². The largest absolute Gasteiger partial charge is 0.478 e. The molecule has 162 valence electrons. The average Bonchev–Trinajstić information content (AvgIpc) is 3.09. The lowest BCUT2D eigenvalue weighted by Gasteiger charge is -2.10. The van der Waals surface area contributed by atoms with Gasteiger partial charge in [-0.1, -0.05) is 30.3 Å². The van der Waals surface area contributed by atoms with Crippen molar-refractivity contribution < 1.29 is 14.7 Å². The maximum Gasteiger partial charge on any atom is 0.335 e. The zero-order chi connectivity index (χ0) is 23.5. The Kier molecular flexibility index (Phi) is 5.79. The van der Waals surface area contributed by atoms with Crippen molar-refractivity contribution in [3.8, 4) is 11.8 Å². The average molecular weight is 435 g/mol. The van der Waals surface area contributed by atoms with Crippen LogP contribution in [0.25, 0.3) is 22.5 Å². The van der Waals surface area contributed by atoms with Crippen LogP contribution in [-0.4, -0.2) is 21.6 Å². The highest BCUT2D eigenvalue weighted by Gasteiger charge is 2.15. The zero-order valence-electron chi connectivity index (χ0n) is 18.2. The number of anilines is 1. The molecule has 0 aliphatic carbocycles. The fraction of sp³-hybridized carbons (Fsp3) is 0.0741. The quantitative estimate of drug-likeness (QED) is 0.320. The van der Waals surface area contributed by atoms with Crippen LogP contribution in [0.4, 0.5) is 5.69 Å². The molecule has 0 spiro atoms. The fourth-order valence-corrected chi connectivity index (χ4v) is 3.85. The van der Waals surface area contributed by atoms with Gasteiger partial charge in [-0.05, 0) is 78.7 Å². The van der Waals surface area contributed by atoms with Gasteiger partial charge in [0.15, 0.2) is 0 Å². The van der Waals surface area contributed by atoms with Gasteiger partial charge in [-0.2, -0.15) is 5.26 Å². The summed E-state index contributed by atoms with van der Waals surface area (Å²) >= 11 is 0. The number of carboxylic acids is 1. The molecule has 0 saturated heterocycles. The van der Waals surface area contributed by atoms with Crippen molar-refractivity contribution in [2.75, 3.05) is 5.32 Å². The minimum atomic E-state index is -0.984. The lowest BCUT2D eigenvalue weighted by atomic mass is 10.1. The lowest BCUT2D eigenvalue weighted by Crippen LogP contribution is -2.13. The van der Waals surface area contributed by atoms with Gasteiger partial charge < -0.3 is 15.0 Å². The molecule has 0 aliphatic rings. The first kappa shape index (κ1) is 21.6. The molecule has 1 aromatic heterocycles. The molecule has 0 unspecified atom stereocenters. The molecule has 4 rings (SSSR count). The SMILES string of the molecule is Cc1cc(C=C(C#N)C(=O)Nc2ccc3ccccc3c2)c(C)n1-c1ccc(C(=O)O)cc1. The highest BCUT2D eigenvalue weighted by atomic mass is 16.4. The van der Waals surface area contributed by atoms with Gasteiger partial charge in [-0.25, -0.2) is 4.79 Å². The summed E-state index contributed by atoms with van der Waals surface area (Å²) in [5, 5.41) is 23.6. The molecular weight excluding hydrogens is 414 g/mol. The van der Waals surface area contributed by atoms with Crippen LogP contribution in [0.5, 0.6) is 0 Å². The van der Waals surface area contributed by atoms with E-state index in [-0.39, 0.29) is 11.1 Å². The molecule has 6 heteroatoms. The van der Waals surface area contributed by atoms with Gasteiger partial charge in [0, 0.05) is 22.8 Å². The number of hydrogen-bond donors (Lipinski definition) is 2. The normalized spacial score (nSPS) is 11.2. The molecule has 4 aromatic rings. The highest BCUT2D eigenvalue weighted by Crippen LogP contribution is 2.24. The minimum Gasteiger partial charge on any atom is -0.478 e. The third kappa shape index (κ3) is 4.39. The van der Waals surface area contributed by atoms with E-state index in [9.17, 15) is 14.9 Å². The molecule has 1 amide bonds. The third-order valence-corrected chi connectivity index (χ3v) is 5.51. The summed E-state index contributed by atoms with van der Waals surface area (Å²) in [6.07, 6.45) is 1.57. The first-order valence-corrected chi connectivity index (χ1v) is 10.3. The fourth-order valence-electron chi connectivity index (χ4n) is 3.85. The van der Waals surface area contributed by atoms with Crippen molar-refractivity contribution in [3.63, 3.8) is 0 Å². The predicted octanol–water partition coefficient (Wildman–Crippen LogP) is 5.49. The standard InChI is InChI=1S/C27H21N3O3/c1-17-13-22(18(2)30(17)25-11-8-20(9-12-25)27(32)33)14-23(16-28)26(31)29-24-10-7-19-5-3-4-6-21(19)15-24/h3-15H,1-2H3,(H,29,31)(H,32,33). The summed E-state index contributed by atoms with van der Waals surface area (Å²) in [4.78, 5) is 23.9. The first-order valence-electron chi connectivity index (χ1n) is 10.3. The number of aromatic nitrogens is 1. The predicted molar refractivity (Wildman–Crippen MR) is 128 cm³/mol. The number of carbonyl (C=O) groups excluding carboxylic acids is 1. The number of nitriles is 1. The maximum atomic E-state index is 12.8. The van der Waals surface area contributed by atoms with Gasteiger partial charge in [0.2, 0.25) is 0 Å². The van der Waals surface area contributed by atoms with Crippen LogP contribution in [0.15, 0.2) is 78.4 Å². The summed E-state index contributed by atoms with van der Waals surface area (Å²) in [6.45, 7) is 3.80. The van der Waals surface area contributed by atoms with Crippen molar-refractivity contribution in [2.24, 2.45) is 0 Å². The lowest BCUT2D eigenvalue weighted by molar-refractivity contribution is -0.112. The Morgan fingerprint density at radius 1 is 0.970 bits per heavy atom. The van der Waals surface area contributed by atoms with E-state index in [4.69, 9.17) is 5.11 Å². The summed E-state index contributed by atoms with van der Waals surface area (Å²) in [5.74, 6) is -1.47. The third-order valence-electron chi connectivity index (χ3n) is 5.51. The van der Waals surface area contributed by atoms with Crippen LogP contribution in [0, 0.1) is 25.2 Å². The number of rotatable bonds is 5. The van der Waals surface area contributed by atoms with E-state index in [0.717, 1.165) is 33.4 Å². The molecular formula is C27H21N3O3. The van der Waals surface area contributed by atoms with Crippen LogP contribution >= 0.6 is 0 Å². The Bertz CT molecular complexity index is 1450. The number of aromatic carboxylic acids is 1. The molecule has 6 nitrogen and oxygen atoms in total. The Labute approximate surface area is 191 Å². The minimum absolute atomic E-state index is 0.00960. The smallest absolute Gasteiger partial charge is 0.335 e. The van der Waals surface area contributed by atoms with Crippen molar-refractivity contribution in [2.45, 2.75) is 13.8 Å². The second kappa shape index (κ2) is 8.85. The molecule has 33 heavy (non-hydrogen) atoms. The number of nitrogens with one attached hydrogen (secondary N) is 1. The second-order valence-corrected chi connectivity index (χ2v) is 7.70. The highest BCUT2D eigenvalue weighted by molar-refractivity contribution is 6.10. The maximum absolute atomic E-state index is 12.8. The van der Waals surface area contributed by atoms with E-state index in [1.54, 1.807) is 30.3 Å². The van der Waals surface area contributed by atoms with E-state index in [1.165, 1.54) is 0 Å². The molecule has 0 bridgehead atoms. The van der Waals surface area contributed by atoms with E-state index >= 15 is 0 Å². The van der Waals surface area contributed by atoms with Crippen molar-refractivity contribution in [3.05, 3.63) is 101 Å². The Balaban J connectivity index is 1.62. The molecule has 0 fully saturated rings.